The van der Waals surface area contributed by atoms with Crippen molar-refractivity contribution in [2.75, 3.05) is 0 Å². The van der Waals surface area contributed by atoms with Gasteiger partial charge in [-0.05, 0) is 18.9 Å². The standard InChI is InChI=1S/C14H18N2O/c15-13-11-3-1-2-4-12(11)17-14(13)7-9-5-6-10(8-14)16-9/h1-4,9-10,13,16H,5-8,15H2/t9-,10?,13-,14+/m1/s1. The number of ether oxygens (including phenoxy) is 1. The summed E-state index contributed by atoms with van der Waals surface area (Å²) in [6, 6.07) is 9.50. The van der Waals surface area contributed by atoms with Crippen LogP contribution in [-0.4, -0.2) is 17.7 Å². The molecule has 0 aliphatic carbocycles. The number of hydrogen-bond acceptors (Lipinski definition) is 3. The molecule has 3 heteroatoms. The first kappa shape index (κ1) is 9.92. The molecule has 1 spiro atoms. The van der Waals surface area contributed by atoms with Gasteiger partial charge in [-0.25, -0.2) is 0 Å². The first-order chi connectivity index (χ1) is 8.27. The van der Waals surface area contributed by atoms with Gasteiger partial charge in [0.1, 0.15) is 11.4 Å². The highest BCUT2D eigenvalue weighted by atomic mass is 16.5. The number of piperidine rings is 1. The molecule has 0 radical (unpaired) electrons. The van der Waals surface area contributed by atoms with Crippen molar-refractivity contribution in [3.63, 3.8) is 0 Å². The second kappa shape index (κ2) is 3.24. The number of nitrogens with two attached hydrogens (primary N) is 1. The number of benzene rings is 1. The summed E-state index contributed by atoms with van der Waals surface area (Å²) in [5.41, 5.74) is 7.51. The molecule has 1 unspecified atom stereocenters. The average Bonchev–Trinajstić information content (AvgIpc) is 2.80. The molecule has 4 atom stereocenters. The summed E-state index contributed by atoms with van der Waals surface area (Å²) in [7, 11) is 0. The first-order valence-corrected chi connectivity index (χ1v) is 6.56. The number of rotatable bonds is 0. The highest BCUT2D eigenvalue weighted by Gasteiger charge is 2.53. The van der Waals surface area contributed by atoms with E-state index in [0.29, 0.717) is 12.1 Å². The summed E-state index contributed by atoms with van der Waals surface area (Å²) in [4.78, 5) is 0. The monoisotopic (exact) mass is 230 g/mol. The lowest BCUT2D eigenvalue weighted by atomic mass is 9.80. The molecule has 2 saturated heterocycles. The minimum Gasteiger partial charge on any atom is -0.485 e. The summed E-state index contributed by atoms with van der Waals surface area (Å²) >= 11 is 0. The lowest BCUT2D eigenvalue weighted by molar-refractivity contribution is 0.0183. The Hall–Kier alpha value is -1.06. The van der Waals surface area contributed by atoms with Gasteiger partial charge in [-0.3, -0.25) is 0 Å². The van der Waals surface area contributed by atoms with E-state index < -0.39 is 0 Å². The highest BCUT2D eigenvalue weighted by molar-refractivity contribution is 5.43. The van der Waals surface area contributed by atoms with Crippen molar-refractivity contribution in [1.82, 2.24) is 5.32 Å². The fourth-order valence-electron chi connectivity index (χ4n) is 3.88. The van der Waals surface area contributed by atoms with Crippen LogP contribution in [0.1, 0.15) is 37.3 Å². The molecular formula is C14H18N2O. The van der Waals surface area contributed by atoms with Crippen molar-refractivity contribution in [3.8, 4) is 5.75 Å². The molecule has 0 amide bonds. The molecule has 1 aromatic rings. The number of nitrogens with one attached hydrogen (secondary N) is 1. The summed E-state index contributed by atoms with van der Waals surface area (Å²) in [6.45, 7) is 0. The van der Waals surface area contributed by atoms with Crippen molar-refractivity contribution in [3.05, 3.63) is 29.8 Å². The Bertz CT molecular complexity index is 447. The molecule has 90 valence electrons. The predicted octanol–water partition coefficient (Wildman–Crippen LogP) is 1.73. The van der Waals surface area contributed by atoms with E-state index in [2.05, 4.69) is 17.4 Å². The summed E-state index contributed by atoms with van der Waals surface area (Å²) in [5, 5.41) is 3.65. The molecule has 3 aliphatic heterocycles. The van der Waals surface area contributed by atoms with E-state index in [0.717, 1.165) is 18.6 Å². The third kappa shape index (κ3) is 1.30. The van der Waals surface area contributed by atoms with Gasteiger partial charge in [-0.1, -0.05) is 18.2 Å². The molecule has 0 saturated carbocycles. The fourth-order valence-corrected chi connectivity index (χ4v) is 3.88. The average molecular weight is 230 g/mol. The van der Waals surface area contributed by atoms with Crippen LogP contribution in [0.3, 0.4) is 0 Å². The minimum absolute atomic E-state index is 0.0453. The van der Waals surface area contributed by atoms with Crippen LogP contribution in [0.5, 0.6) is 5.75 Å². The molecule has 3 N–H and O–H groups in total. The van der Waals surface area contributed by atoms with Gasteiger partial charge in [0.2, 0.25) is 0 Å². The third-order valence-electron chi connectivity index (χ3n) is 4.65. The molecule has 1 aromatic carbocycles. The highest BCUT2D eigenvalue weighted by Crippen LogP contribution is 2.50. The van der Waals surface area contributed by atoms with E-state index in [-0.39, 0.29) is 11.6 Å². The van der Waals surface area contributed by atoms with Crippen LogP contribution in [0.25, 0.3) is 0 Å². The maximum atomic E-state index is 6.46. The van der Waals surface area contributed by atoms with E-state index >= 15 is 0 Å². The van der Waals surface area contributed by atoms with Gasteiger partial charge in [0, 0.05) is 30.5 Å². The summed E-state index contributed by atoms with van der Waals surface area (Å²) < 4.78 is 6.26. The van der Waals surface area contributed by atoms with Crippen molar-refractivity contribution in [1.29, 1.82) is 0 Å². The molecule has 2 bridgehead atoms. The lowest BCUT2D eigenvalue weighted by Gasteiger charge is -2.40. The maximum absolute atomic E-state index is 6.46. The summed E-state index contributed by atoms with van der Waals surface area (Å²) in [5.74, 6) is 1.00. The van der Waals surface area contributed by atoms with E-state index in [4.69, 9.17) is 10.5 Å². The van der Waals surface area contributed by atoms with Gasteiger partial charge in [-0.2, -0.15) is 0 Å². The van der Waals surface area contributed by atoms with Gasteiger partial charge in [0.25, 0.3) is 0 Å². The fraction of sp³-hybridized carbons (Fsp3) is 0.571. The number of para-hydroxylation sites is 1. The SMILES string of the molecule is N[C@@H]1c2ccccc2O[C@@]12CC1CC[C@H](C2)N1. The Morgan fingerprint density at radius 3 is 2.59 bits per heavy atom. The Morgan fingerprint density at radius 1 is 1.18 bits per heavy atom. The van der Waals surface area contributed by atoms with Gasteiger partial charge < -0.3 is 15.8 Å². The van der Waals surface area contributed by atoms with Crippen LogP contribution in [0.4, 0.5) is 0 Å². The normalized spacial score (nSPS) is 42.5. The topological polar surface area (TPSA) is 47.3 Å². The Labute approximate surface area is 101 Å². The van der Waals surface area contributed by atoms with Crippen LogP contribution in [0, 0.1) is 0 Å². The maximum Gasteiger partial charge on any atom is 0.131 e. The molecule has 17 heavy (non-hydrogen) atoms. The van der Waals surface area contributed by atoms with Crippen LogP contribution in [0.15, 0.2) is 24.3 Å². The van der Waals surface area contributed by atoms with E-state index in [1.165, 1.54) is 18.4 Å². The Balaban J connectivity index is 1.73. The molecule has 3 nitrogen and oxygen atoms in total. The molecule has 2 fully saturated rings. The smallest absolute Gasteiger partial charge is 0.131 e. The Kier molecular flexibility index (Phi) is 1.89. The van der Waals surface area contributed by atoms with Crippen LogP contribution in [-0.2, 0) is 0 Å². The van der Waals surface area contributed by atoms with Crippen LogP contribution < -0.4 is 15.8 Å². The summed E-state index contributed by atoms with van der Waals surface area (Å²) in [6.07, 6.45) is 4.66. The lowest BCUT2D eigenvalue weighted by Crippen LogP contribution is -2.54. The van der Waals surface area contributed by atoms with Gasteiger partial charge in [0.15, 0.2) is 0 Å². The van der Waals surface area contributed by atoms with Crippen molar-refractivity contribution in [2.24, 2.45) is 5.73 Å². The molecule has 3 aliphatic rings. The third-order valence-corrected chi connectivity index (χ3v) is 4.65. The largest absolute Gasteiger partial charge is 0.485 e. The molecule has 4 rings (SSSR count). The van der Waals surface area contributed by atoms with Gasteiger partial charge in [-0.15, -0.1) is 0 Å². The predicted molar refractivity (Wildman–Crippen MR) is 65.9 cm³/mol. The number of hydrogen-bond donors (Lipinski definition) is 2. The zero-order valence-electron chi connectivity index (χ0n) is 9.86. The van der Waals surface area contributed by atoms with Crippen molar-refractivity contribution < 1.29 is 4.74 Å². The molecule has 0 aromatic heterocycles. The molecular weight excluding hydrogens is 212 g/mol. The molecule has 3 heterocycles. The van der Waals surface area contributed by atoms with Crippen molar-refractivity contribution in [2.45, 2.75) is 49.4 Å². The quantitative estimate of drug-likeness (QED) is 0.713. The van der Waals surface area contributed by atoms with Gasteiger partial charge >= 0.3 is 0 Å². The van der Waals surface area contributed by atoms with Gasteiger partial charge in [0.05, 0.1) is 6.04 Å². The minimum atomic E-state index is -0.138. The zero-order valence-corrected chi connectivity index (χ0v) is 9.86. The first-order valence-electron chi connectivity index (χ1n) is 6.56. The Morgan fingerprint density at radius 2 is 1.88 bits per heavy atom. The van der Waals surface area contributed by atoms with Crippen LogP contribution >= 0.6 is 0 Å². The van der Waals surface area contributed by atoms with E-state index in [1.807, 2.05) is 12.1 Å². The zero-order chi connectivity index (χ0) is 11.5. The van der Waals surface area contributed by atoms with Crippen molar-refractivity contribution >= 4 is 0 Å². The number of fused-ring (bicyclic) bond motifs is 3. The second-order valence-corrected chi connectivity index (χ2v) is 5.73. The van der Waals surface area contributed by atoms with E-state index in [9.17, 15) is 0 Å². The van der Waals surface area contributed by atoms with E-state index in [1.54, 1.807) is 0 Å². The van der Waals surface area contributed by atoms with Crippen LogP contribution in [0.2, 0.25) is 0 Å². The second-order valence-electron chi connectivity index (χ2n) is 5.73.